The van der Waals surface area contributed by atoms with Crippen LogP contribution in [0.2, 0.25) is 0 Å². The molecule has 1 aliphatic rings. The molecule has 1 fully saturated rings. The molecule has 0 radical (unpaired) electrons. The summed E-state index contributed by atoms with van der Waals surface area (Å²) in [5, 5.41) is 5.46. The van der Waals surface area contributed by atoms with Gasteiger partial charge in [0.2, 0.25) is 0 Å². The predicted molar refractivity (Wildman–Crippen MR) is 108 cm³/mol. The minimum Gasteiger partial charge on any atom is -0.483 e. The summed E-state index contributed by atoms with van der Waals surface area (Å²) in [6, 6.07) is 11.9. The molecule has 1 amide bonds. The molecule has 0 unspecified atom stereocenters. The molecule has 25 heavy (non-hydrogen) atoms. The van der Waals surface area contributed by atoms with Crippen molar-refractivity contribution < 1.29 is 9.53 Å². The van der Waals surface area contributed by atoms with E-state index < -0.39 is 0 Å². The number of likely N-dealkylation sites (tertiary alicyclic amines) is 1. The molecule has 132 valence electrons. The lowest BCUT2D eigenvalue weighted by Crippen LogP contribution is -2.44. The summed E-state index contributed by atoms with van der Waals surface area (Å²) in [6.45, 7) is 1.76. The number of nitrogens with zero attached hydrogens (tertiary/aromatic N) is 1. The molecule has 1 saturated heterocycles. The number of nitrogens with one attached hydrogen (secondary N) is 1. The molecule has 6 heteroatoms. The fraction of sp³-hybridized carbons (Fsp3) is 0.368. The highest BCUT2D eigenvalue weighted by atomic mass is 79.9. The Morgan fingerprint density at radius 2 is 1.84 bits per heavy atom. The summed E-state index contributed by atoms with van der Waals surface area (Å²) in [5.41, 5.74) is 0. The predicted octanol–water partition coefficient (Wildman–Crippen LogP) is 4.26. The molecular weight excluding hydrogens is 400 g/mol. The van der Waals surface area contributed by atoms with Gasteiger partial charge in [-0.2, -0.15) is 0 Å². The van der Waals surface area contributed by atoms with E-state index in [-0.39, 0.29) is 12.5 Å². The number of carbonyl (C=O) groups is 1. The second-order valence-corrected chi connectivity index (χ2v) is 7.32. The van der Waals surface area contributed by atoms with Gasteiger partial charge in [0.25, 0.3) is 5.91 Å². The number of ether oxygens (including phenoxy) is 1. The second kappa shape index (κ2) is 8.63. The van der Waals surface area contributed by atoms with E-state index in [1.54, 1.807) is 0 Å². The van der Waals surface area contributed by atoms with Crippen LogP contribution >= 0.6 is 28.1 Å². The lowest BCUT2D eigenvalue weighted by atomic mass is 10.1. The average molecular weight is 421 g/mol. The number of hydrogen-bond acceptors (Lipinski definition) is 3. The molecule has 0 saturated carbocycles. The van der Waals surface area contributed by atoms with Gasteiger partial charge in [-0.05, 0) is 57.8 Å². The van der Waals surface area contributed by atoms with Crippen molar-refractivity contribution in [3.05, 3.63) is 40.9 Å². The first-order chi connectivity index (χ1) is 12.1. The Morgan fingerprint density at radius 1 is 1.12 bits per heavy atom. The zero-order valence-corrected chi connectivity index (χ0v) is 16.4. The molecule has 2 aromatic carbocycles. The van der Waals surface area contributed by atoms with Crippen molar-refractivity contribution in [2.24, 2.45) is 0 Å². The average Bonchev–Trinajstić information content (AvgIpc) is 2.91. The number of amides is 1. The zero-order chi connectivity index (χ0) is 17.6. The van der Waals surface area contributed by atoms with Crippen LogP contribution in [0.1, 0.15) is 25.7 Å². The summed E-state index contributed by atoms with van der Waals surface area (Å²) in [6.07, 6.45) is 4.70. The maximum Gasteiger partial charge on any atom is 0.264 e. The molecule has 1 heterocycles. The first-order valence-electron chi connectivity index (χ1n) is 8.54. The molecule has 0 bridgehead atoms. The summed E-state index contributed by atoms with van der Waals surface area (Å²) < 4.78 is 6.54. The SMILES string of the molecule is O=C(COc1ccc2ccccc2c1Br)NC(=S)N1CCCCCC1. The van der Waals surface area contributed by atoms with Gasteiger partial charge in [0.15, 0.2) is 11.7 Å². The number of thiocarbonyl (C=S) groups is 1. The van der Waals surface area contributed by atoms with Crippen LogP contribution < -0.4 is 10.1 Å². The Morgan fingerprint density at radius 3 is 2.60 bits per heavy atom. The topological polar surface area (TPSA) is 41.6 Å². The van der Waals surface area contributed by atoms with Gasteiger partial charge in [0, 0.05) is 13.1 Å². The lowest BCUT2D eigenvalue weighted by Gasteiger charge is -2.23. The van der Waals surface area contributed by atoms with Crippen molar-refractivity contribution in [1.29, 1.82) is 0 Å². The third kappa shape index (κ3) is 4.70. The molecule has 0 atom stereocenters. The Hall–Kier alpha value is -1.66. The van der Waals surface area contributed by atoms with E-state index in [2.05, 4.69) is 26.1 Å². The molecular formula is C19H21BrN2O2S. The zero-order valence-electron chi connectivity index (χ0n) is 14.0. The van der Waals surface area contributed by atoms with Crippen LogP contribution in [0.3, 0.4) is 0 Å². The van der Waals surface area contributed by atoms with Gasteiger partial charge in [0.1, 0.15) is 5.75 Å². The van der Waals surface area contributed by atoms with Crippen molar-refractivity contribution in [3.63, 3.8) is 0 Å². The maximum atomic E-state index is 12.2. The molecule has 0 spiro atoms. The molecule has 1 N–H and O–H groups in total. The van der Waals surface area contributed by atoms with Gasteiger partial charge >= 0.3 is 0 Å². The van der Waals surface area contributed by atoms with E-state index in [0.29, 0.717) is 10.9 Å². The maximum absolute atomic E-state index is 12.2. The van der Waals surface area contributed by atoms with Gasteiger partial charge < -0.3 is 15.0 Å². The highest BCUT2D eigenvalue weighted by Gasteiger charge is 2.15. The van der Waals surface area contributed by atoms with Crippen LogP contribution in [0.5, 0.6) is 5.75 Å². The Kier molecular flexibility index (Phi) is 6.26. The first-order valence-corrected chi connectivity index (χ1v) is 9.74. The lowest BCUT2D eigenvalue weighted by molar-refractivity contribution is -0.121. The van der Waals surface area contributed by atoms with E-state index in [1.807, 2.05) is 36.4 Å². The number of hydrogen-bond donors (Lipinski definition) is 1. The Labute approximate surface area is 161 Å². The van der Waals surface area contributed by atoms with Crippen molar-refractivity contribution in [3.8, 4) is 5.75 Å². The fourth-order valence-electron chi connectivity index (χ4n) is 2.98. The van der Waals surface area contributed by atoms with Gasteiger partial charge in [-0.1, -0.05) is 43.2 Å². The number of benzene rings is 2. The van der Waals surface area contributed by atoms with E-state index in [0.717, 1.165) is 41.2 Å². The van der Waals surface area contributed by atoms with Crippen molar-refractivity contribution in [2.75, 3.05) is 19.7 Å². The highest BCUT2D eigenvalue weighted by molar-refractivity contribution is 9.10. The van der Waals surface area contributed by atoms with Gasteiger partial charge in [-0.15, -0.1) is 0 Å². The molecule has 2 aromatic rings. The van der Waals surface area contributed by atoms with Crippen molar-refractivity contribution in [2.45, 2.75) is 25.7 Å². The number of carbonyl (C=O) groups excluding carboxylic acids is 1. The van der Waals surface area contributed by atoms with E-state index in [4.69, 9.17) is 17.0 Å². The molecule has 0 aliphatic carbocycles. The normalized spacial score (nSPS) is 14.8. The van der Waals surface area contributed by atoms with Crippen molar-refractivity contribution >= 4 is 49.9 Å². The third-order valence-corrected chi connectivity index (χ3v) is 5.50. The fourth-order valence-corrected chi connectivity index (χ4v) is 3.88. The summed E-state index contributed by atoms with van der Waals surface area (Å²) in [4.78, 5) is 14.2. The molecule has 0 aromatic heterocycles. The van der Waals surface area contributed by atoms with E-state index in [9.17, 15) is 4.79 Å². The number of rotatable bonds is 3. The molecule has 3 rings (SSSR count). The Bertz CT molecular complexity index is 773. The quantitative estimate of drug-likeness (QED) is 0.753. The van der Waals surface area contributed by atoms with Gasteiger partial charge in [-0.25, -0.2) is 0 Å². The van der Waals surface area contributed by atoms with Crippen LogP contribution in [-0.2, 0) is 4.79 Å². The van der Waals surface area contributed by atoms with Crippen LogP contribution in [0, 0.1) is 0 Å². The smallest absolute Gasteiger partial charge is 0.264 e. The number of fused-ring (bicyclic) bond motifs is 1. The summed E-state index contributed by atoms with van der Waals surface area (Å²) in [5.74, 6) is 0.420. The summed E-state index contributed by atoms with van der Waals surface area (Å²) >= 11 is 8.92. The number of halogens is 1. The van der Waals surface area contributed by atoms with Crippen LogP contribution in [0.4, 0.5) is 0 Å². The van der Waals surface area contributed by atoms with Crippen LogP contribution in [0.15, 0.2) is 40.9 Å². The Balaban J connectivity index is 1.57. The first kappa shape index (κ1) is 18.1. The van der Waals surface area contributed by atoms with Gasteiger partial charge in [-0.3, -0.25) is 4.79 Å². The minimum absolute atomic E-state index is 0.0646. The van der Waals surface area contributed by atoms with Gasteiger partial charge in [0.05, 0.1) is 4.47 Å². The minimum atomic E-state index is -0.227. The standard InChI is InChI=1S/C19H21BrN2O2S/c20-18-15-8-4-3-7-14(15)9-10-16(18)24-13-17(23)21-19(25)22-11-5-1-2-6-12-22/h3-4,7-10H,1-2,5-6,11-13H2,(H,21,23,25). The third-order valence-electron chi connectivity index (χ3n) is 4.33. The van der Waals surface area contributed by atoms with Crippen LogP contribution in [-0.4, -0.2) is 35.6 Å². The second-order valence-electron chi connectivity index (χ2n) is 6.14. The van der Waals surface area contributed by atoms with E-state index in [1.165, 1.54) is 12.8 Å². The van der Waals surface area contributed by atoms with E-state index >= 15 is 0 Å². The largest absolute Gasteiger partial charge is 0.483 e. The monoisotopic (exact) mass is 420 g/mol. The summed E-state index contributed by atoms with van der Waals surface area (Å²) in [7, 11) is 0. The van der Waals surface area contributed by atoms with Crippen LogP contribution in [0.25, 0.3) is 10.8 Å². The van der Waals surface area contributed by atoms with Crippen molar-refractivity contribution in [1.82, 2.24) is 10.2 Å². The molecule has 1 aliphatic heterocycles. The highest BCUT2D eigenvalue weighted by Crippen LogP contribution is 2.32. The molecule has 4 nitrogen and oxygen atoms in total.